The molecule has 2 heterocycles. The average molecular weight is 215 g/mol. The summed E-state index contributed by atoms with van der Waals surface area (Å²) in [6.07, 6.45) is 2.31. The second kappa shape index (κ2) is 4.62. The molecular formula is C11H13N5. The Balaban J connectivity index is 2.20. The zero-order valence-corrected chi connectivity index (χ0v) is 9.36. The number of nitrogens with zero attached hydrogens (tertiary/aromatic N) is 4. The minimum atomic E-state index is 0.615. The number of nitrogens with one attached hydrogen (secondary N) is 1. The van der Waals surface area contributed by atoms with Gasteiger partial charge in [-0.1, -0.05) is 0 Å². The fourth-order valence-corrected chi connectivity index (χ4v) is 1.43. The first-order valence-corrected chi connectivity index (χ1v) is 5.12. The molecule has 0 atom stereocenters. The molecule has 0 amide bonds. The van der Waals surface area contributed by atoms with Gasteiger partial charge in [-0.05, 0) is 13.8 Å². The van der Waals surface area contributed by atoms with Crippen molar-refractivity contribution in [3.05, 3.63) is 18.1 Å². The first-order chi connectivity index (χ1) is 7.81. The largest absolute Gasteiger partial charge is 0.369 e. The van der Waals surface area contributed by atoms with Crippen molar-refractivity contribution in [3.63, 3.8) is 0 Å². The van der Waals surface area contributed by atoms with Crippen LogP contribution in [0.1, 0.15) is 19.0 Å². The van der Waals surface area contributed by atoms with Gasteiger partial charge in [0.05, 0.1) is 0 Å². The van der Waals surface area contributed by atoms with Crippen molar-refractivity contribution >= 4 is 11.6 Å². The topological polar surface area (TPSA) is 55.1 Å². The van der Waals surface area contributed by atoms with E-state index in [1.54, 1.807) is 4.52 Å². The molecule has 0 spiro atoms. The molecule has 0 unspecified atom stereocenters. The Labute approximate surface area is 93.9 Å². The lowest BCUT2D eigenvalue weighted by Crippen LogP contribution is -2.07. The molecule has 5 heteroatoms. The van der Waals surface area contributed by atoms with Gasteiger partial charge in [-0.2, -0.15) is 14.6 Å². The Kier molecular flexibility index (Phi) is 3.01. The van der Waals surface area contributed by atoms with Crippen LogP contribution in [0, 0.1) is 18.8 Å². The maximum Gasteiger partial charge on any atom is 0.254 e. The summed E-state index contributed by atoms with van der Waals surface area (Å²) >= 11 is 0. The molecule has 0 fully saturated rings. The van der Waals surface area contributed by atoms with Gasteiger partial charge in [-0.25, -0.2) is 4.98 Å². The van der Waals surface area contributed by atoms with Gasteiger partial charge in [0.25, 0.3) is 5.78 Å². The Morgan fingerprint density at radius 3 is 3.19 bits per heavy atom. The van der Waals surface area contributed by atoms with E-state index in [1.165, 1.54) is 6.33 Å². The Morgan fingerprint density at radius 2 is 2.38 bits per heavy atom. The Hall–Kier alpha value is -2.09. The number of fused-ring (bicyclic) bond motifs is 1. The molecule has 2 aromatic rings. The van der Waals surface area contributed by atoms with E-state index in [9.17, 15) is 0 Å². The fraction of sp³-hybridized carbons (Fsp3) is 0.364. The van der Waals surface area contributed by atoms with Gasteiger partial charge in [0.15, 0.2) is 0 Å². The molecule has 82 valence electrons. The number of hydrogen-bond acceptors (Lipinski definition) is 4. The van der Waals surface area contributed by atoms with Gasteiger partial charge < -0.3 is 5.32 Å². The number of anilines is 1. The van der Waals surface area contributed by atoms with E-state index in [0.717, 1.165) is 24.5 Å². The van der Waals surface area contributed by atoms with E-state index in [1.807, 2.05) is 19.9 Å². The number of aryl methyl sites for hydroxylation is 1. The second-order valence-corrected chi connectivity index (χ2v) is 3.36. The smallest absolute Gasteiger partial charge is 0.254 e. The van der Waals surface area contributed by atoms with Crippen molar-refractivity contribution in [1.29, 1.82) is 0 Å². The van der Waals surface area contributed by atoms with Gasteiger partial charge in [0.1, 0.15) is 12.1 Å². The summed E-state index contributed by atoms with van der Waals surface area (Å²) in [4.78, 5) is 8.32. The van der Waals surface area contributed by atoms with Crippen molar-refractivity contribution in [3.8, 4) is 11.8 Å². The molecule has 1 N–H and O–H groups in total. The average Bonchev–Trinajstić information content (AvgIpc) is 2.72. The lowest BCUT2D eigenvalue weighted by atomic mass is 10.4. The van der Waals surface area contributed by atoms with E-state index in [-0.39, 0.29) is 0 Å². The molecule has 0 radical (unpaired) electrons. The summed E-state index contributed by atoms with van der Waals surface area (Å²) in [6, 6.07) is 1.95. The zero-order valence-electron chi connectivity index (χ0n) is 9.36. The minimum absolute atomic E-state index is 0.615. The highest BCUT2D eigenvalue weighted by atomic mass is 15.3. The molecule has 16 heavy (non-hydrogen) atoms. The summed E-state index contributed by atoms with van der Waals surface area (Å²) in [5.41, 5.74) is 0.921. The molecule has 2 rings (SSSR count). The molecule has 0 saturated carbocycles. The number of aromatic nitrogens is 4. The van der Waals surface area contributed by atoms with Crippen LogP contribution in [0.25, 0.3) is 5.78 Å². The monoisotopic (exact) mass is 215 g/mol. The first kappa shape index (κ1) is 10.4. The fourth-order valence-electron chi connectivity index (χ4n) is 1.43. The third-order valence-electron chi connectivity index (χ3n) is 2.11. The third-order valence-corrected chi connectivity index (χ3v) is 2.11. The highest BCUT2D eigenvalue weighted by Gasteiger charge is 2.03. The molecular weight excluding hydrogens is 202 g/mol. The van der Waals surface area contributed by atoms with Crippen LogP contribution in [-0.2, 0) is 0 Å². The molecule has 5 nitrogen and oxygen atoms in total. The maximum atomic E-state index is 4.26. The van der Waals surface area contributed by atoms with E-state index in [4.69, 9.17) is 0 Å². The van der Waals surface area contributed by atoms with E-state index >= 15 is 0 Å². The van der Waals surface area contributed by atoms with Gasteiger partial charge in [-0.15, -0.1) is 11.8 Å². The van der Waals surface area contributed by atoms with Crippen LogP contribution >= 0.6 is 0 Å². The highest BCUT2D eigenvalue weighted by Crippen LogP contribution is 2.09. The molecule has 0 aliphatic heterocycles. The van der Waals surface area contributed by atoms with Crippen molar-refractivity contribution in [2.45, 2.75) is 20.3 Å². The summed E-state index contributed by atoms with van der Waals surface area (Å²) in [5, 5.41) is 7.37. The summed E-state index contributed by atoms with van der Waals surface area (Å²) in [6.45, 7) is 4.57. The Bertz CT molecular complexity index is 546. The second-order valence-electron chi connectivity index (χ2n) is 3.36. The number of hydrogen-bond donors (Lipinski definition) is 1. The Morgan fingerprint density at radius 1 is 1.50 bits per heavy atom. The molecule has 0 bridgehead atoms. The van der Waals surface area contributed by atoms with Crippen molar-refractivity contribution in [2.75, 3.05) is 11.9 Å². The standard InChI is InChI=1S/C11H13N5/c1-3-4-5-6-12-10-7-9(2)15-11-13-8-14-16(10)11/h7-8,12H,5-6H2,1-2H3. The van der Waals surface area contributed by atoms with E-state index in [2.05, 4.69) is 32.2 Å². The van der Waals surface area contributed by atoms with Gasteiger partial charge in [0, 0.05) is 24.7 Å². The summed E-state index contributed by atoms with van der Waals surface area (Å²) in [7, 11) is 0. The quantitative estimate of drug-likeness (QED) is 0.618. The number of rotatable bonds is 3. The van der Waals surface area contributed by atoms with Crippen molar-refractivity contribution in [2.24, 2.45) is 0 Å². The lowest BCUT2D eigenvalue weighted by molar-refractivity contribution is 0.914. The highest BCUT2D eigenvalue weighted by molar-refractivity contribution is 5.44. The van der Waals surface area contributed by atoms with E-state index in [0.29, 0.717) is 5.78 Å². The molecule has 0 aromatic carbocycles. The van der Waals surface area contributed by atoms with Gasteiger partial charge >= 0.3 is 0 Å². The van der Waals surface area contributed by atoms with Crippen LogP contribution < -0.4 is 5.32 Å². The predicted octanol–water partition coefficient (Wildman–Crippen LogP) is 1.26. The molecule has 2 aromatic heterocycles. The molecule has 0 saturated heterocycles. The van der Waals surface area contributed by atoms with Crippen LogP contribution in [0.15, 0.2) is 12.4 Å². The van der Waals surface area contributed by atoms with Crippen LogP contribution in [0.4, 0.5) is 5.82 Å². The normalized spacial score (nSPS) is 9.88. The molecule has 0 aliphatic rings. The molecule has 0 aliphatic carbocycles. The maximum absolute atomic E-state index is 4.26. The van der Waals surface area contributed by atoms with E-state index < -0.39 is 0 Å². The minimum Gasteiger partial charge on any atom is -0.369 e. The summed E-state index contributed by atoms with van der Waals surface area (Å²) < 4.78 is 1.69. The van der Waals surface area contributed by atoms with Gasteiger partial charge in [0.2, 0.25) is 0 Å². The van der Waals surface area contributed by atoms with Crippen molar-refractivity contribution in [1.82, 2.24) is 19.6 Å². The van der Waals surface area contributed by atoms with Crippen LogP contribution in [-0.4, -0.2) is 26.1 Å². The summed E-state index contributed by atoms with van der Waals surface area (Å²) in [5.74, 6) is 7.38. The van der Waals surface area contributed by atoms with Crippen molar-refractivity contribution < 1.29 is 0 Å². The third kappa shape index (κ3) is 2.11. The SMILES string of the molecule is CC#CCCNc1cc(C)nc2ncnn12. The lowest BCUT2D eigenvalue weighted by Gasteiger charge is -2.06. The van der Waals surface area contributed by atoms with Crippen LogP contribution in [0.3, 0.4) is 0 Å². The van der Waals surface area contributed by atoms with Crippen LogP contribution in [0.5, 0.6) is 0 Å². The zero-order chi connectivity index (χ0) is 11.4. The van der Waals surface area contributed by atoms with Crippen LogP contribution in [0.2, 0.25) is 0 Å². The first-order valence-electron chi connectivity index (χ1n) is 5.12. The predicted molar refractivity (Wildman–Crippen MR) is 62.1 cm³/mol. The van der Waals surface area contributed by atoms with Gasteiger partial charge in [-0.3, -0.25) is 0 Å².